The van der Waals surface area contributed by atoms with Gasteiger partial charge in [-0.1, -0.05) is 23.7 Å². The van der Waals surface area contributed by atoms with Crippen LogP contribution in [0.2, 0.25) is 5.02 Å². The Morgan fingerprint density at radius 2 is 1.87 bits per heavy atom. The number of imidazole rings is 1. The standard InChI is InChI=1S/C18H16ClN3O/c1-21-16-5-3-2-4-15(16)20-18(21)12-10-17(23)22(11-12)14-8-6-13(19)7-9-14/h2-9,12H,10-11H2,1H3/t12-/m1/s1. The molecule has 4 nitrogen and oxygen atoms in total. The van der Waals surface area contributed by atoms with Gasteiger partial charge in [-0.15, -0.1) is 0 Å². The molecule has 1 aliphatic rings. The summed E-state index contributed by atoms with van der Waals surface area (Å²) >= 11 is 5.93. The van der Waals surface area contributed by atoms with E-state index in [0.29, 0.717) is 18.0 Å². The number of amides is 1. The summed E-state index contributed by atoms with van der Waals surface area (Å²) in [6.07, 6.45) is 0.486. The smallest absolute Gasteiger partial charge is 0.227 e. The molecule has 1 atom stereocenters. The number of para-hydroxylation sites is 2. The number of rotatable bonds is 2. The number of carbonyl (C=O) groups is 1. The van der Waals surface area contributed by atoms with Crippen LogP contribution in [0.15, 0.2) is 48.5 Å². The molecule has 0 N–H and O–H groups in total. The van der Waals surface area contributed by atoms with Crippen LogP contribution in [0.4, 0.5) is 5.69 Å². The summed E-state index contributed by atoms with van der Waals surface area (Å²) in [5.41, 5.74) is 2.96. The SMILES string of the molecule is Cn1c([C@@H]2CC(=O)N(c3ccc(Cl)cc3)C2)nc2ccccc21. The Kier molecular flexibility index (Phi) is 3.34. The third-order valence-electron chi connectivity index (χ3n) is 4.45. The van der Waals surface area contributed by atoms with Gasteiger partial charge < -0.3 is 9.47 Å². The van der Waals surface area contributed by atoms with Gasteiger partial charge >= 0.3 is 0 Å². The second-order valence-electron chi connectivity index (χ2n) is 5.90. The molecule has 1 saturated heterocycles. The molecule has 1 fully saturated rings. The number of aromatic nitrogens is 2. The Morgan fingerprint density at radius 3 is 2.61 bits per heavy atom. The van der Waals surface area contributed by atoms with E-state index in [2.05, 4.69) is 10.6 Å². The van der Waals surface area contributed by atoms with Crippen LogP contribution in [0, 0.1) is 0 Å². The van der Waals surface area contributed by atoms with Gasteiger partial charge in [-0.25, -0.2) is 4.98 Å². The molecule has 0 saturated carbocycles. The Morgan fingerprint density at radius 1 is 1.13 bits per heavy atom. The Bertz CT molecular complexity index is 885. The number of benzene rings is 2. The van der Waals surface area contributed by atoms with E-state index < -0.39 is 0 Å². The van der Waals surface area contributed by atoms with Gasteiger partial charge in [0.25, 0.3) is 0 Å². The Labute approximate surface area is 139 Å². The van der Waals surface area contributed by atoms with Gasteiger partial charge in [0.1, 0.15) is 5.82 Å². The Balaban J connectivity index is 1.67. The lowest BCUT2D eigenvalue weighted by Gasteiger charge is -2.16. The molecule has 0 unspecified atom stereocenters. The summed E-state index contributed by atoms with van der Waals surface area (Å²) in [4.78, 5) is 19.0. The topological polar surface area (TPSA) is 38.1 Å². The maximum Gasteiger partial charge on any atom is 0.227 e. The highest BCUT2D eigenvalue weighted by Gasteiger charge is 2.34. The van der Waals surface area contributed by atoms with E-state index >= 15 is 0 Å². The van der Waals surface area contributed by atoms with Gasteiger partial charge in [-0.3, -0.25) is 4.79 Å². The zero-order chi connectivity index (χ0) is 16.0. The molecule has 2 aromatic carbocycles. The summed E-state index contributed by atoms with van der Waals surface area (Å²) in [6, 6.07) is 15.5. The lowest BCUT2D eigenvalue weighted by atomic mass is 10.1. The first-order valence-electron chi connectivity index (χ1n) is 7.61. The number of hydrogen-bond acceptors (Lipinski definition) is 2. The first-order valence-corrected chi connectivity index (χ1v) is 7.98. The van der Waals surface area contributed by atoms with Gasteiger partial charge in [0.05, 0.1) is 11.0 Å². The highest BCUT2D eigenvalue weighted by molar-refractivity contribution is 6.30. The van der Waals surface area contributed by atoms with Crippen molar-refractivity contribution in [2.24, 2.45) is 7.05 Å². The minimum Gasteiger partial charge on any atom is -0.331 e. The zero-order valence-electron chi connectivity index (χ0n) is 12.7. The van der Waals surface area contributed by atoms with Crippen LogP contribution in [0.3, 0.4) is 0 Å². The van der Waals surface area contributed by atoms with E-state index in [0.717, 1.165) is 22.5 Å². The number of hydrogen-bond donors (Lipinski definition) is 0. The molecule has 1 aromatic heterocycles. The molecule has 3 aromatic rings. The lowest BCUT2D eigenvalue weighted by molar-refractivity contribution is -0.117. The van der Waals surface area contributed by atoms with Crippen LogP contribution in [0.25, 0.3) is 11.0 Å². The zero-order valence-corrected chi connectivity index (χ0v) is 13.5. The number of anilines is 1. The van der Waals surface area contributed by atoms with E-state index in [9.17, 15) is 4.79 Å². The monoisotopic (exact) mass is 325 g/mol. The molecule has 23 heavy (non-hydrogen) atoms. The highest BCUT2D eigenvalue weighted by atomic mass is 35.5. The van der Waals surface area contributed by atoms with Crippen molar-refractivity contribution in [3.8, 4) is 0 Å². The minimum absolute atomic E-state index is 0.107. The van der Waals surface area contributed by atoms with Crippen LogP contribution >= 0.6 is 11.6 Å². The second-order valence-corrected chi connectivity index (χ2v) is 6.34. The second kappa shape index (κ2) is 5.39. The van der Waals surface area contributed by atoms with Crippen molar-refractivity contribution in [1.82, 2.24) is 9.55 Å². The number of carbonyl (C=O) groups excluding carboxylic acids is 1. The molecule has 0 aliphatic carbocycles. The summed E-state index contributed by atoms with van der Waals surface area (Å²) in [5.74, 6) is 1.20. The van der Waals surface area contributed by atoms with Crippen molar-refractivity contribution in [3.05, 3.63) is 59.4 Å². The molecule has 1 amide bonds. The minimum atomic E-state index is 0.107. The molecule has 4 rings (SSSR count). The molecule has 0 radical (unpaired) electrons. The van der Waals surface area contributed by atoms with E-state index in [1.807, 2.05) is 54.4 Å². The molecule has 5 heteroatoms. The fraction of sp³-hybridized carbons (Fsp3) is 0.222. The van der Waals surface area contributed by atoms with Crippen molar-refractivity contribution < 1.29 is 4.79 Å². The number of halogens is 1. The summed E-state index contributed by atoms with van der Waals surface area (Å²) in [7, 11) is 2.01. The summed E-state index contributed by atoms with van der Waals surface area (Å²) < 4.78 is 2.10. The van der Waals surface area contributed by atoms with Crippen molar-refractivity contribution >= 4 is 34.2 Å². The van der Waals surface area contributed by atoms with E-state index in [-0.39, 0.29) is 11.8 Å². The van der Waals surface area contributed by atoms with E-state index in [4.69, 9.17) is 16.6 Å². The fourth-order valence-electron chi connectivity index (χ4n) is 3.28. The van der Waals surface area contributed by atoms with Gasteiger partial charge in [0.15, 0.2) is 0 Å². The van der Waals surface area contributed by atoms with E-state index in [1.165, 1.54) is 0 Å². The van der Waals surface area contributed by atoms with Crippen molar-refractivity contribution in [2.45, 2.75) is 12.3 Å². The summed E-state index contributed by atoms with van der Waals surface area (Å²) in [6.45, 7) is 0.650. The molecule has 2 heterocycles. The molecule has 116 valence electrons. The fourth-order valence-corrected chi connectivity index (χ4v) is 3.41. The predicted octanol–water partition coefficient (Wildman–Crippen LogP) is 3.75. The van der Waals surface area contributed by atoms with Crippen molar-refractivity contribution in [3.63, 3.8) is 0 Å². The maximum absolute atomic E-state index is 12.4. The molecule has 0 spiro atoms. The van der Waals surface area contributed by atoms with Crippen LogP contribution in [0.5, 0.6) is 0 Å². The largest absolute Gasteiger partial charge is 0.331 e. The normalized spacial score (nSPS) is 18.1. The average molecular weight is 326 g/mol. The third-order valence-corrected chi connectivity index (χ3v) is 4.70. The van der Waals surface area contributed by atoms with Gasteiger partial charge in [-0.05, 0) is 36.4 Å². The van der Waals surface area contributed by atoms with Gasteiger partial charge in [0, 0.05) is 36.6 Å². The maximum atomic E-state index is 12.4. The first-order chi connectivity index (χ1) is 11.1. The number of aryl methyl sites for hydroxylation is 1. The Hall–Kier alpha value is -2.33. The molecular formula is C18H16ClN3O. The molecule has 0 bridgehead atoms. The quantitative estimate of drug-likeness (QED) is 0.719. The van der Waals surface area contributed by atoms with E-state index in [1.54, 1.807) is 0 Å². The molecular weight excluding hydrogens is 310 g/mol. The lowest BCUT2D eigenvalue weighted by Crippen LogP contribution is -2.24. The predicted molar refractivity (Wildman–Crippen MR) is 91.9 cm³/mol. The van der Waals surface area contributed by atoms with Crippen LogP contribution in [0.1, 0.15) is 18.2 Å². The first kappa shape index (κ1) is 14.3. The van der Waals surface area contributed by atoms with Crippen molar-refractivity contribution in [2.75, 3.05) is 11.4 Å². The van der Waals surface area contributed by atoms with Crippen LogP contribution < -0.4 is 4.90 Å². The third kappa shape index (κ3) is 2.39. The number of fused-ring (bicyclic) bond motifs is 1. The average Bonchev–Trinajstić information content (AvgIpc) is 3.09. The van der Waals surface area contributed by atoms with Gasteiger partial charge in [-0.2, -0.15) is 0 Å². The highest BCUT2D eigenvalue weighted by Crippen LogP contribution is 2.33. The van der Waals surface area contributed by atoms with Crippen LogP contribution in [-0.2, 0) is 11.8 Å². The van der Waals surface area contributed by atoms with Gasteiger partial charge in [0.2, 0.25) is 5.91 Å². The summed E-state index contributed by atoms with van der Waals surface area (Å²) in [5, 5.41) is 0.673. The molecule has 1 aliphatic heterocycles. The number of nitrogens with zero attached hydrogens (tertiary/aromatic N) is 3. The van der Waals surface area contributed by atoms with Crippen LogP contribution in [-0.4, -0.2) is 22.0 Å². The van der Waals surface area contributed by atoms with Crippen molar-refractivity contribution in [1.29, 1.82) is 0 Å².